The number of aromatic nitrogens is 2. The van der Waals surface area contributed by atoms with E-state index < -0.39 is 0 Å². The molecule has 0 radical (unpaired) electrons. The summed E-state index contributed by atoms with van der Waals surface area (Å²) < 4.78 is 31.3. The Bertz CT molecular complexity index is 1280. The highest BCUT2D eigenvalue weighted by molar-refractivity contribution is 6.07. The molecule has 162 valence electrons. The first kappa shape index (κ1) is 21.1. The van der Waals surface area contributed by atoms with E-state index in [1.165, 1.54) is 39.5 Å². The zero-order chi connectivity index (χ0) is 22.7. The number of hydrogen-bond donors (Lipinski definition) is 0. The first-order valence-electron chi connectivity index (χ1n) is 9.81. The SMILES string of the molecule is COc1cc(C(=O)/C=C/c2c(-c3ccc(F)cc3)nc3ccccn23)cc(OC)c1OC. The molecule has 2 aromatic heterocycles. The van der Waals surface area contributed by atoms with Crippen LogP contribution in [0.3, 0.4) is 0 Å². The van der Waals surface area contributed by atoms with Gasteiger partial charge in [-0.05, 0) is 60.7 Å². The van der Waals surface area contributed by atoms with Crippen LogP contribution in [-0.2, 0) is 0 Å². The number of allylic oxidation sites excluding steroid dienone is 1. The molecule has 0 bridgehead atoms. The van der Waals surface area contributed by atoms with Gasteiger partial charge in [0.05, 0.1) is 32.7 Å². The van der Waals surface area contributed by atoms with Crippen molar-refractivity contribution in [1.82, 2.24) is 9.38 Å². The van der Waals surface area contributed by atoms with Gasteiger partial charge in [-0.1, -0.05) is 6.07 Å². The first-order chi connectivity index (χ1) is 15.5. The number of methoxy groups -OCH3 is 3. The van der Waals surface area contributed by atoms with E-state index >= 15 is 0 Å². The Hall–Kier alpha value is -4.13. The van der Waals surface area contributed by atoms with E-state index in [4.69, 9.17) is 14.2 Å². The van der Waals surface area contributed by atoms with Gasteiger partial charge in [0.2, 0.25) is 5.75 Å². The summed E-state index contributed by atoms with van der Waals surface area (Å²) in [5.41, 5.74) is 3.19. The minimum atomic E-state index is -0.327. The predicted molar refractivity (Wildman–Crippen MR) is 120 cm³/mol. The molecule has 0 aliphatic heterocycles. The number of halogens is 1. The number of imidazole rings is 1. The lowest BCUT2D eigenvalue weighted by Gasteiger charge is -2.13. The molecule has 0 atom stereocenters. The maximum Gasteiger partial charge on any atom is 0.203 e. The maximum absolute atomic E-state index is 13.4. The molecule has 0 aliphatic rings. The topological polar surface area (TPSA) is 62.1 Å². The van der Waals surface area contributed by atoms with Gasteiger partial charge in [-0.25, -0.2) is 9.37 Å². The lowest BCUT2D eigenvalue weighted by molar-refractivity contribution is 0.104. The van der Waals surface area contributed by atoms with E-state index in [1.54, 1.807) is 30.3 Å². The van der Waals surface area contributed by atoms with Gasteiger partial charge in [-0.2, -0.15) is 0 Å². The minimum absolute atomic E-state index is 0.250. The third-order valence-corrected chi connectivity index (χ3v) is 5.03. The number of carbonyl (C=O) groups is 1. The Morgan fingerprint density at radius 2 is 1.66 bits per heavy atom. The normalized spacial score (nSPS) is 11.1. The number of rotatable bonds is 7. The van der Waals surface area contributed by atoms with E-state index in [1.807, 2.05) is 28.8 Å². The fourth-order valence-electron chi connectivity index (χ4n) is 3.47. The van der Waals surface area contributed by atoms with E-state index in [0.717, 1.165) is 5.56 Å². The molecular weight excluding hydrogens is 411 g/mol. The number of ketones is 1. The van der Waals surface area contributed by atoms with Crippen molar-refractivity contribution >= 4 is 17.5 Å². The lowest BCUT2D eigenvalue weighted by Crippen LogP contribution is -2.00. The number of nitrogens with zero attached hydrogens (tertiary/aromatic N) is 2. The maximum atomic E-state index is 13.4. The second kappa shape index (κ2) is 8.93. The van der Waals surface area contributed by atoms with Crippen LogP contribution in [0.25, 0.3) is 23.0 Å². The molecule has 0 fully saturated rings. The fourth-order valence-corrected chi connectivity index (χ4v) is 3.47. The van der Waals surface area contributed by atoms with E-state index in [2.05, 4.69) is 4.98 Å². The van der Waals surface area contributed by atoms with Gasteiger partial charge in [-0.15, -0.1) is 0 Å². The number of pyridine rings is 1. The van der Waals surface area contributed by atoms with Gasteiger partial charge < -0.3 is 14.2 Å². The molecule has 4 rings (SSSR count). The fraction of sp³-hybridized carbons (Fsp3) is 0.120. The smallest absolute Gasteiger partial charge is 0.203 e. The van der Waals surface area contributed by atoms with Crippen molar-refractivity contribution in [2.45, 2.75) is 0 Å². The van der Waals surface area contributed by atoms with Crippen molar-refractivity contribution in [3.05, 3.63) is 83.9 Å². The Morgan fingerprint density at radius 1 is 0.969 bits per heavy atom. The van der Waals surface area contributed by atoms with Crippen LogP contribution in [0.5, 0.6) is 17.2 Å². The average Bonchev–Trinajstić information content (AvgIpc) is 3.20. The van der Waals surface area contributed by atoms with Crippen molar-refractivity contribution < 1.29 is 23.4 Å². The van der Waals surface area contributed by atoms with Crippen molar-refractivity contribution in [2.24, 2.45) is 0 Å². The lowest BCUT2D eigenvalue weighted by atomic mass is 10.1. The third-order valence-electron chi connectivity index (χ3n) is 5.03. The largest absolute Gasteiger partial charge is 0.493 e. The highest BCUT2D eigenvalue weighted by atomic mass is 19.1. The van der Waals surface area contributed by atoms with Crippen LogP contribution in [0.15, 0.2) is 66.9 Å². The molecule has 0 amide bonds. The summed E-state index contributed by atoms with van der Waals surface area (Å²) in [6.45, 7) is 0. The number of benzene rings is 2. The molecule has 2 aromatic carbocycles. The van der Waals surface area contributed by atoms with E-state index in [-0.39, 0.29) is 11.6 Å². The summed E-state index contributed by atoms with van der Waals surface area (Å²) in [5.74, 6) is 0.624. The number of ether oxygens (including phenoxy) is 3. The van der Waals surface area contributed by atoms with Gasteiger partial charge in [0.1, 0.15) is 11.5 Å². The molecule has 7 heteroatoms. The van der Waals surface area contributed by atoms with Crippen molar-refractivity contribution in [3.63, 3.8) is 0 Å². The zero-order valence-electron chi connectivity index (χ0n) is 17.8. The molecule has 2 heterocycles. The Labute approximate surface area is 184 Å². The zero-order valence-corrected chi connectivity index (χ0v) is 17.8. The monoisotopic (exact) mass is 432 g/mol. The van der Waals surface area contributed by atoms with Gasteiger partial charge in [0, 0.05) is 17.3 Å². The summed E-state index contributed by atoms with van der Waals surface area (Å²) in [6.07, 6.45) is 5.02. The van der Waals surface area contributed by atoms with Crippen molar-refractivity contribution in [1.29, 1.82) is 0 Å². The molecule has 0 saturated carbocycles. The van der Waals surface area contributed by atoms with Gasteiger partial charge in [0.15, 0.2) is 17.3 Å². The van der Waals surface area contributed by atoms with Gasteiger partial charge >= 0.3 is 0 Å². The Balaban J connectivity index is 1.77. The molecule has 0 N–H and O–H groups in total. The van der Waals surface area contributed by atoms with E-state index in [0.29, 0.717) is 39.8 Å². The average molecular weight is 432 g/mol. The molecule has 6 nitrogen and oxygen atoms in total. The molecule has 0 saturated heterocycles. The highest BCUT2D eigenvalue weighted by Crippen LogP contribution is 2.38. The molecule has 0 spiro atoms. The Morgan fingerprint density at radius 3 is 2.28 bits per heavy atom. The van der Waals surface area contributed by atoms with Gasteiger partial charge in [-0.3, -0.25) is 9.20 Å². The van der Waals surface area contributed by atoms with Crippen LogP contribution in [0.1, 0.15) is 16.1 Å². The summed E-state index contributed by atoms with van der Waals surface area (Å²) in [7, 11) is 4.49. The van der Waals surface area contributed by atoms with Crippen LogP contribution in [0.4, 0.5) is 4.39 Å². The van der Waals surface area contributed by atoms with Crippen molar-refractivity contribution in [3.8, 4) is 28.5 Å². The molecule has 0 aliphatic carbocycles. The molecule has 4 aromatic rings. The summed E-state index contributed by atoms with van der Waals surface area (Å²) >= 11 is 0. The minimum Gasteiger partial charge on any atom is -0.493 e. The number of fused-ring (bicyclic) bond motifs is 1. The quantitative estimate of drug-likeness (QED) is 0.302. The first-order valence-corrected chi connectivity index (χ1v) is 9.81. The summed E-state index contributed by atoms with van der Waals surface area (Å²) in [6, 6.07) is 14.9. The number of hydrogen-bond acceptors (Lipinski definition) is 5. The summed E-state index contributed by atoms with van der Waals surface area (Å²) in [4.78, 5) is 17.6. The Kier molecular flexibility index (Phi) is 5.89. The second-order valence-corrected chi connectivity index (χ2v) is 6.89. The van der Waals surface area contributed by atoms with Crippen LogP contribution < -0.4 is 14.2 Å². The highest BCUT2D eigenvalue weighted by Gasteiger charge is 2.17. The summed E-state index contributed by atoms with van der Waals surface area (Å²) in [5, 5.41) is 0. The molecule has 32 heavy (non-hydrogen) atoms. The second-order valence-electron chi connectivity index (χ2n) is 6.89. The van der Waals surface area contributed by atoms with Crippen LogP contribution in [0, 0.1) is 5.82 Å². The standard InChI is InChI=1S/C25H21FN2O4/c1-30-21-14-17(15-22(31-2)25(21)32-3)20(29)12-11-19-24(16-7-9-18(26)10-8-16)27-23-6-4-5-13-28(19)23/h4-15H,1-3H3/b12-11+. The van der Waals surface area contributed by atoms with Crippen molar-refractivity contribution in [2.75, 3.05) is 21.3 Å². The van der Waals surface area contributed by atoms with E-state index in [9.17, 15) is 9.18 Å². The van der Waals surface area contributed by atoms with Gasteiger partial charge in [0.25, 0.3) is 0 Å². The third kappa shape index (κ3) is 3.92. The van der Waals surface area contributed by atoms with Crippen LogP contribution >= 0.6 is 0 Å². The van der Waals surface area contributed by atoms with Crippen LogP contribution in [0.2, 0.25) is 0 Å². The predicted octanol–water partition coefficient (Wildman–Crippen LogP) is 5.06. The molecule has 0 unspecified atom stereocenters. The molecular formula is C25H21FN2O4. The van der Waals surface area contributed by atoms with Crippen LogP contribution in [-0.4, -0.2) is 36.5 Å². The number of carbonyl (C=O) groups excluding carboxylic acids is 1.